The van der Waals surface area contributed by atoms with E-state index in [9.17, 15) is 14.4 Å². The number of rotatable bonds is 60. The average Bonchev–Trinajstić information content (AvgIpc) is 3.44. The summed E-state index contributed by atoms with van der Waals surface area (Å²) >= 11 is 0. The first kappa shape index (κ1) is 74.3. The van der Waals surface area contributed by atoms with E-state index in [0.29, 0.717) is 19.3 Å². The summed E-state index contributed by atoms with van der Waals surface area (Å²) in [5.74, 6) is -0.899. The van der Waals surface area contributed by atoms with Crippen LogP contribution in [-0.2, 0) is 28.6 Å². The van der Waals surface area contributed by atoms with Gasteiger partial charge < -0.3 is 14.2 Å². The number of hydrogen-bond donors (Lipinski definition) is 0. The SMILES string of the molecule is CC/C=C\C/C=C\C/C=C\C/C=C\C/C=C\CCCCCCCCCCCCCCCCCCCC(=O)OCC(COC(=O)CCCCC/C=C\C/C=C\C/C=C\CC)OC(=O)CCCCCCCCCCCCCCCC. The van der Waals surface area contributed by atoms with Gasteiger partial charge in [0.2, 0.25) is 0 Å². The van der Waals surface area contributed by atoms with Crippen molar-refractivity contribution in [3.63, 3.8) is 0 Å². The zero-order valence-electron chi connectivity index (χ0n) is 51.4. The lowest BCUT2D eigenvalue weighted by molar-refractivity contribution is -0.167. The molecular weight excluding hydrogens is 961 g/mol. The maximum Gasteiger partial charge on any atom is 0.306 e. The van der Waals surface area contributed by atoms with E-state index >= 15 is 0 Å². The van der Waals surface area contributed by atoms with Gasteiger partial charge in [-0.3, -0.25) is 14.4 Å². The van der Waals surface area contributed by atoms with E-state index in [1.165, 1.54) is 167 Å². The quantitative estimate of drug-likeness (QED) is 0.0261. The number of allylic oxidation sites excluding steroid dienone is 16. The van der Waals surface area contributed by atoms with Gasteiger partial charge in [0, 0.05) is 19.3 Å². The van der Waals surface area contributed by atoms with Crippen molar-refractivity contribution in [1.82, 2.24) is 0 Å². The summed E-state index contributed by atoms with van der Waals surface area (Å²) in [6.45, 7) is 6.42. The van der Waals surface area contributed by atoms with Crippen LogP contribution in [-0.4, -0.2) is 37.2 Å². The Kier molecular flexibility index (Phi) is 62.7. The lowest BCUT2D eigenvalue weighted by Crippen LogP contribution is -2.30. The molecule has 0 radical (unpaired) electrons. The summed E-state index contributed by atoms with van der Waals surface area (Å²) in [6.07, 6.45) is 88.7. The molecule has 0 rings (SSSR count). The van der Waals surface area contributed by atoms with Crippen molar-refractivity contribution in [2.45, 2.75) is 329 Å². The monoisotopic (exact) mass is 1080 g/mol. The predicted molar refractivity (Wildman–Crippen MR) is 339 cm³/mol. The second-order valence-electron chi connectivity index (χ2n) is 22.0. The Hall–Kier alpha value is -3.67. The minimum absolute atomic E-state index is 0.0823. The van der Waals surface area contributed by atoms with Crippen molar-refractivity contribution < 1.29 is 28.6 Å². The first-order valence-corrected chi connectivity index (χ1v) is 33.2. The van der Waals surface area contributed by atoms with Crippen LogP contribution in [0.5, 0.6) is 0 Å². The van der Waals surface area contributed by atoms with Gasteiger partial charge in [0.05, 0.1) is 0 Å². The maximum absolute atomic E-state index is 12.9. The van der Waals surface area contributed by atoms with Crippen molar-refractivity contribution in [3.05, 3.63) is 97.2 Å². The zero-order valence-corrected chi connectivity index (χ0v) is 51.4. The second kappa shape index (κ2) is 65.8. The Labute approximate surface area is 483 Å². The van der Waals surface area contributed by atoms with Gasteiger partial charge in [0.25, 0.3) is 0 Å². The third kappa shape index (κ3) is 63.2. The van der Waals surface area contributed by atoms with Gasteiger partial charge in [-0.05, 0) is 96.3 Å². The Morgan fingerprint density at radius 1 is 0.269 bits per heavy atom. The summed E-state index contributed by atoms with van der Waals surface area (Å²) in [4.78, 5) is 38.2. The molecule has 0 bridgehead atoms. The number of ether oxygens (including phenoxy) is 3. The van der Waals surface area contributed by atoms with Crippen LogP contribution >= 0.6 is 0 Å². The molecule has 0 saturated carbocycles. The number of carbonyl (C=O) groups is 3. The number of carbonyl (C=O) groups excluding carboxylic acids is 3. The standard InChI is InChI=1S/C72H124O6/c1-4-7-10-13-16-19-22-25-27-28-29-30-31-32-33-34-35-36-37-38-39-40-41-42-43-44-45-48-50-53-56-59-62-65-71(74)77-68-69(67-76-70(73)64-61-58-55-52-49-46-24-21-18-15-12-9-6-3)78-72(75)66-63-60-57-54-51-47-26-23-20-17-14-11-8-5-2/h7,9-10,12,16,18-19,21,25,27,29-30,32-33,46,49,69H,4-6,8,11,13-15,17,20,22-24,26,28,31,34-45,47-48,50-68H2,1-3H3/b10-7-,12-9-,19-16-,21-18-,27-25-,30-29-,33-32-,49-46-. The molecular formula is C72H124O6. The van der Waals surface area contributed by atoms with Crippen LogP contribution < -0.4 is 0 Å². The zero-order chi connectivity index (χ0) is 56.4. The number of esters is 3. The van der Waals surface area contributed by atoms with Gasteiger partial charge in [0.15, 0.2) is 6.10 Å². The molecule has 0 aromatic heterocycles. The fourth-order valence-corrected chi connectivity index (χ4v) is 9.43. The molecule has 0 aliphatic rings. The summed E-state index contributed by atoms with van der Waals surface area (Å²) < 4.78 is 16.9. The minimum Gasteiger partial charge on any atom is -0.462 e. The second-order valence-corrected chi connectivity index (χ2v) is 22.0. The van der Waals surface area contributed by atoms with E-state index in [4.69, 9.17) is 14.2 Å². The van der Waals surface area contributed by atoms with E-state index in [0.717, 1.165) is 116 Å². The largest absolute Gasteiger partial charge is 0.462 e. The summed E-state index contributed by atoms with van der Waals surface area (Å²) in [6, 6.07) is 0. The minimum atomic E-state index is -0.786. The highest BCUT2D eigenvalue weighted by molar-refractivity contribution is 5.71. The van der Waals surface area contributed by atoms with Gasteiger partial charge in [-0.15, -0.1) is 0 Å². The van der Waals surface area contributed by atoms with Crippen LogP contribution in [0.1, 0.15) is 323 Å². The molecule has 0 aromatic carbocycles. The Morgan fingerprint density at radius 2 is 0.500 bits per heavy atom. The topological polar surface area (TPSA) is 78.9 Å². The van der Waals surface area contributed by atoms with Crippen molar-refractivity contribution in [3.8, 4) is 0 Å². The molecule has 6 nitrogen and oxygen atoms in total. The lowest BCUT2D eigenvalue weighted by Gasteiger charge is -2.18. The molecule has 0 fully saturated rings. The van der Waals surface area contributed by atoms with Gasteiger partial charge in [-0.25, -0.2) is 0 Å². The van der Waals surface area contributed by atoms with E-state index in [1.54, 1.807) is 0 Å². The van der Waals surface area contributed by atoms with E-state index < -0.39 is 6.10 Å². The molecule has 1 unspecified atom stereocenters. The smallest absolute Gasteiger partial charge is 0.306 e. The molecule has 0 spiro atoms. The molecule has 0 aliphatic carbocycles. The molecule has 448 valence electrons. The van der Waals surface area contributed by atoms with Crippen molar-refractivity contribution in [1.29, 1.82) is 0 Å². The van der Waals surface area contributed by atoms with E-state index in [1.807, 2.05) is 0 Å². The molecule has 0 amide bonds. The Morgan fingerprint density at radius 3 is 0.795 bits per heavy atom. The third-order valence-corrected chi connectivity index (χ3v) is 14.3. The molecule has 0 saturated heterocycles. The highest BCUT2D eigenvalue weighted by Crippen LogP contribution is 2.17. The average molecular weight is 1090 g/mol. The fourth-order valence-electron chi connectivity index (χ4n) is 9.43. The van der Waals surface area contributed by atoms with Crippen molar-refractivity contribution in [2.24, 2.45) is 0 Å². The predicted octanol–water partition coefficient (Wildman–Crippen LogP) is 22.8. The maximum atomic E-state index is 12.9. The Bertz CT molecular complexity index is 1530. The van der Waals surface area contributed by atoms with Crippen LogP contribution in [0.4, 0.5) is 0 Å². The first-order valence-electron chi connectivity index (χ1n) is 33.2. The van der Waals surface area contributed by atoms with Crippen LogP contribution in [0, 0.1) is 0 Å². The van der Waals surface area contributed by atoms with Crippen LogP contribution in [0.25, 0.3) is 0 Å². The van der Waals surface area contributed by atoms with Crippen molar-refractivity contribution >= 4 is 17.9 Å². The highest BCUT2D eigenvalue weighted by Gasteiger charge is 2.19. The fraction of sp³-hybridized carbons (Fsp3) is 0.736. The van der Waals surface area contributed by atoms with Gasteiger partial charge in [0.1, 0.15) is 13.2 Å². The van der Waals surface area contributed by atoms with Crippen LogP contribution in [0.15, 0.2) is 97.2 Å². The Balaban J connectivity index is 4.14. The van der Waals surface area contributed by atoms with E-state index in [-0.39, 0.29) is 31.1 Å². The normalized spacial score (nSPS) is 12.7. The molecule has 6 heteroatoms. The summed E-state index contributed by atoms with van der Waals surface area (Å²) in [5.41, 5.74) is 0. The molecule has 0 aromatic rings. The van der Waals surface area contributed by atoms with Crippen LogP contribution in [0.2, 0.25) is 0 Å². The van der Waals surface area contributed by atoms with Gasteiger partial charge in [-0.1, -0.05) is 304 Å². The molecule has 78 heavy (non-hydrogen) atoms. The summed E-state index contributed by atoms with van der Waals surface area (Å²) in [5, 5.41) is 0. The third-order valence-electron chi connectivity index (χ3n) is 14.3. The molecule has 0 heterocycles. The van der Waals surface area contributed by atoms with Gasteiger partial charge in [-0.2, -0.15) is 0 Å². The first-order chi connectivity index (χ1) is 38.5. The lowest BCUT2D eigenvalue weighted by atomic mass is 10.0. The van der Waals surface area contributed by atoms with Gasteiger partial charge >= 0.3 is 17.9 Å². The number of unbranched alkanes of at least 4 members (excludes halogenated alkanes) is 33. The molecule has 0 aliphatic heterocycles. The number of hydrogen-bond acceptors (Lipinski definition) is 6. The van der Waals surface area contributed by atoms with Crippen LogP contribution in [0.3, 0.4) is 0 Å². The molecule has 0 N–H and O–H groups in total. The van der Waals surface area contributed by atoms with Crippen molar-refractivity contribution in [2.75, 3.05) is 13.2 Å². The highest BCUT2D eigenvalue weighted by atomic mass is 16.6. The molecule has 1 atom stereocenters. The summed E-state index contributed by atoms with van der Waals surface area (Å²) in [7, 11) is 0. The van der Waals surface area contributed by atoms with E-state index in [2.05, 4.69) is 118 Å².